The van der Waals surface area contributed by atoms with Crippen molar-refractivity contribution in [2.45, 2.75) is 37.1 Å². The zero-order chi connectivity index (χ0) is 17.2. The standard InChI is InChI=1S/C15H20N2O5S/c1-11(18)16(2)12-6-8-13(9-7-12)23(21,22)17-10-4-3-5-14(17)15(19)20/h6-9,14H,3-5,10H2,1-2H3,(H,19,20). The summed E-state index contributed by atoms with van der Waals surface area (Å²) in [5, 5.41) is 9.25. The Balaban J connectivity index is 2.32. The number of aliphatic carboxylic acids is 1. The number of carboxylic acids is 1. The molecule has 1 aromatic rings. The predicted molar refractivity (Wildman–Crippen MR) is 84.7 cm³/mol. The number of sulfonamides is 1. The molecule has 0 aromatic heterocycles. The summed E-state index contributed by atoms with van der Waals surface area (Å²) in [6, 6.07) is 4.85. The lowest BCUT2D eigenvalue weighted by molar-refractivity contribution is -0.142. The highest BCUT2D eigenvalue weighted by Gasteiger charge is 2.37. The minimum atomic E-state index is -3.87. The molecule has 8 heteroatoms. The van der Waals surface area contributed by atoms with Gasteiger partial charge in [0.1, 0.15) is 6.04 Å². The van der Waals surface area contributed by atoms with E-state index in [4.69, 9.17) is 0 Å². The first kappa shape index (κ1) is 17.4. The molecule has 126 valence electrons. The van der Waals surface area contributed by atoms with Gasteiger partial charge in [-0.2, -0.15) is 4.31 Å². The highest BCUT2D eigenvalue weighted by atomic mass is 32.2. The smallest absolute Gasteiger partial charge is 0.322 e. The first-order valence-electron chi connectivity index (χ1n) is 7.34. The second-order valence-electron chi connectivity index (χ2n) is 5.54. The van der Waals surface area contributed by atoms with Gasteiger partial charge in [-0.3, -0.25) is 9.59 Å². The number of rotatable bonds is 4. The molecule has 0 aliphatic carbocycles. The van der Waals surface area contributed by atoms with Crippen LogP contribution in [0.4, 0.5) is 5.69 Å². The van der Waals surface area contributed by atoms with Crippen LogP contribution >= 0.6 is 0 Å². The fourth-order valence-electron chi connectivity index (χ4n) is 2.60. The number of carbonyl (C=O) groups excluding carboxylic acids is 1. The van der Waals surface area contributed by atoms with Gasteiger partial charge in [0.25, 0.3) is 0 Å². The molecule has 1 saturated heterocycles. The van der Waals surface area contributed by atoms with E-state index in [2.05, 4.69) is 0 Å². The third-order valence-electron chi connectivity index (χ3n) is 4.04. The number of carboxylic acid groups (broad SMARTS) is 1. The fourth-order valence-corrected chi connectivity index (χ4v) is 4.25. The van der Waals surface area contributed by atoms with Crippen LogP contribution in [0.15, 0.2) is 29.2 Å². The topological polar surface area (TPSA) is 95.0 Å². The maximum atomic E-state index is 12.7. The number of amides is 1. The molecule has 1 aliphatic rings. The number of nitrogens with zero attached hydrogens (tertiary/aromatic N) is 2. The van der Waals surface area contributed by atoms with Gasteiger partial charge in [0.2, 0.25) is 15.9 Å². The highest BCUT2D eigenvalue weighted by Crippen LogP contribution is 2.26. The van der Waals surface area contributed by atoms with Crippen molar-refractivity contribution in [3.05, 3.63) is 24.3 Å². The van der Waals surface area contributed by atoms with E-state index in [-0.39, 0.29) is 17.3 Å². The van der Waals surface area contributed by atoms with Gasteiger partial charge in [0, 0.05) is 26.2 Å². The summed E-state index contributed by atoms with van der Waals surface area (Å²) in [5.41, 5.74) is 0.574. The normalized spacial score (nSPS) is 19.3. The van der Waals surface area contributed by atoms with E-state index >= 15 is 0 Å². The number of piperidine rings is 1. The minimum Gasteiger partial charge on any atom is -0.480 e. The maximum absolute atomic E-state index is 12.7. The van der Waals surface area contributed by atoms with Crippen LogP contribution in [0.1, 0.15) is 26.2 Å². The molecule has 0 spiro atoms. The summed E-state index contributed by atoms with van der Waals surface area (Å²) in [5.74, 6) is -1.29. The molecule has 0 bridgehead atoms. The van der Waals surface area contributed by atoms with E-state index in [1.807, 2.05) is 0 Å². The first-order valence-corrected chi connectivity index (χ1v) is 8.78. The molecule has 1 amide bonds. The van der Waals surface area contributed by atoms with Gasteiger partial charge in [-0.05, 0) is 43.5 Å². The zero-order valence-corrected chi connectivity index (χ0v) is 13.9. The Morgan fingerprint density at radius 2 is 1.83 bits per heavy atom. The fraction of sp³-hybridized carbons (Fsp3) is 0.467. The monoisotopic (exact) mass is 340 g/mol. The number of benzene rings is 1. The maximum Gasteiger partial charge on any atom is 0.322 e. The molecule has 1 aromatic carbocycles. The Labute approximate surface area is 135 Å². The number of hydrogen-bond donors (Lipinski definition) is 1. The summed E-state index contributed by atoms with van der Waals surface area (Å²) in [6.07, 6.45) is 1.67. The van der Waals surface area contributed by atoms with E-state index in [0.29, 0.717) is 24.9 Å². The highest BCUT2D eigenvalue weighted by molar-refractivity contribution is 7.89. The van der Waals surface area contributed by atoms with Crippen molar-refractivity contribution in [3.63, 3.8) is 0 Å². The van der Waals surface area contributed by atoms with Crippen molar-refractivity contribution in [3.8, 4) is 0 Å². The van der Waals surface area contributed by atoms with Crippen molar-refractivity contribution in [2.75, 3.05) is 18.5 Å². The van der Waals surface area contributed by atoms with Gasteiger partial charge in [-0.25, -0.2) is 8.42 Å². The van der Waals surface area contributed by atoms with Crippen LogP contribution in [0.3, 0.4) is 0 Å². The molecular weight excluding hydrogens is 320 g/mol. The van der Waals surface area contributed by atoms with E-state index < -0.39 is 22.0 Å². The van der Waals surface area contributed by atoms with Crippen LogP contribution in [-0.4, -0.2) is 49.3 Å². The van der Waals surface area contributed by atoms with Gasteiger partial charge in [0.05, 0.1) is 4.90 Å². The second-order valence-corrected chi connectivity index (χ2v) is 7.43. The molecule has 7 nitrogen and oxygen atoms in total. The summed E-state index contributed by atoms with van der Waals surface area (Å²) in [4.78, 5) is 24.1. The zero-order valence-electron chi connectivity index (χ0n) is 13.1. The number of anilines is 1. The average molecular weight is 340 g/mol. The van der Waals surface area contributed by atoms with Gasteiger partial charge in [0.15, 0.2) is 0 Å². The third kappa shape index (κ3) is 3.53. The van der Waals surface area contributed by atoms with Gasteiger partial charge in [-0.15, -0.1) is 0 Å². The summed E-state index contributed by atoms with van der Waals surface area (Å²) in [7, 11) is -2.28. The van der Waals surface area contributed by atoms with E-state index in [1.54, 1.807) is 7.05 Å². The molecule has 0 saturated carbocycles. The first-order chi connectivity index (χ1) is 10.7. The predicted octanol–water partition coefficient (Wildman–Crippen LogP) is 1.30. The lowest BCUT2D eigenvalue weighted by Crippen LogP contribution is -2.47. The number of hydrogen-bond acceptors (Lipinski definition) is 4. The van der Waals surface area contributed by atoms with Crippen LogP contribution in [-0.2, 0) is 19.6 Å². The van der Waals surface area contributed by atoms with Crippen LogP contribution in [0.2, 0.25) is 0 Å². The van der Waals surface area contributed by atoms with Crippen LogP contribution < -0.4 is 4.90 Å². The molecule has 2 rings (SSSR count). The van der Waals surface area contributed by atoms with Crippen LogP contribution in [0.5, 0.6) is 0 Å². The Morgan fingerprint density at radius 1 is 1.22 bits per heavy atom. The van der Waals surface area contributed by atoms with Crippen molar-refractivity contribution < 1.29 is 23.1 Å². The Morgan fingerprint density at radius 3 is 2.35 bits per heavy atom. The van der Waals surface area contributed by atoms with Gasteiger partial charge >= 0.3 is 5.97 Å². The molecule has 1 heterocycles. The molecular formula is C15H20N2O5S. The van der Waals surface area contributed by atoms with Gasteiger partial charge in [-0.1, -0.05) is 0 Å². The second kappa shape index (κ2) is 6.67. The summed E-state index contributed by atoms with van der Waals surface area (Å²) < 4.78 is 26.5. The average Bonchev–Trinajstić information content (AvgIpc) is 2.54. The largest absolute Gasteiger partial charge is 0.480 e. The quantitative estimate of drug-likeness (QED) is 0.891. The Bertz CT molecular complexity index is 699. The lowest BCUT2D eigenvalue weighted by Gasteiger charge is -2.31. The number of carbonyl (C=O) groups is 2. The molecule has 1 N–H and O–H groups in total. The Kier molecular flexibility index (Phi) is 5.06. The molecule has 23 heavy (non-hydrogen) atoms. The third-order valence-corrected chi connectivity index (χ3v) is 5.96. The minimum absolute atomic E-state index is 0.0337. The Hall–Kier alpha value is -1.93. The van der Waals surface area contributed by atoms with Crippen molar-refractivity contribution in [2.24, 2.45) is 0 Å². The molecule has 1 unspecified atom stereocenters. The van der Waals surface area contributed by atoms with Crippen molar-refractivity contribution in [1.29, 1.82) is 0 Å². The van der Waals surface area contributed by atoms with Crippen LogP contribution in [0, 0.1) is 0 Å². The van der Waals surface area contributed by atoms with E-state index in [9.17, 15) is 23.1 Å². The SMILES string of the molecule is CC(=O)N(C)c1ccc(S(=O)(=O)N2CCCCC2C(=O)O)cc1. The molecule has 1 aliphatic heterocycles. The van der Waals surface area contributed by atoms with Crippen molar-refractivity contribution >= 4 is 27.6 Å². The van der Waals surface area contributed by atoms with Crippen molar-refractivity contribution in [1.82, 2.24) is 4.31 Å². The molecule has 1 atom stereocenters. The van der Waals surface area contributed by atoms with Crippen LogP contribution in [0.25, 0.3) is 0 Å². The summed E-state index contributed by atoms with van der Waals surface area (Å²) in [6.45, 7) is 1.62. The molecule has 0 radical (unpaired) electrons. The lowest BCUT2D eigenvalue weighted by atomic mass is 10.1. The van der Waals surface area contributed by atoms with E-state index in [0.717, 1.165) is 4.31 Å². The summed E-state index contributed by atoms with van der Waals surface area (Å²) >= 11 is 0. The van der Waals surface area contributed by atoms with E-state index in [1.165, 1.54) is 36.1 Å². The molecule has 1 fully saturated rings. The van der Waals surface area contributed by atoms with Gasteiger partial charge < -0.3 is 10.0 Å².